The van der Waals surface area contributed by atoms with Crippen molar-refractivity contribution in [3.63, 3.8) is 0 Å². The van der Waals surface area contributed by atoms with E-state index in [1.165, 1.54) is 0 Å². The number of hydrogen-bond acceptors (Lipinski definition) is 2. The molecule has 2 N–H and O–H groups in total. The molecule has 0 radical (unpaired) electrons. The van der Waals surface area contributed by atoms with E-state index in [1.54, 1.807) is 0 Å². The van der Waals surface area contributed by atoms with Crippen LogP contribution in [0.3, 0.4) is 0 Å². The Balaban J connectivity index is 3.59. The molecule has 0 saturated heterocycles. The number of nitrogens with two attached hydrogens (primary N) is 1. The van der Waals surface area contributed by atoms with Crippen LogP contribution >= 0.6 is 0 Å². The second kappa shape index (κ2) is 7.82. The fourth-order valence-corrected chi connectivity index (χ4v) is 1.36. The van der Waals surface area contributed by atoms with Gasteiger partial charge in [-0.05, 0) is 25.3 Å². The molecule has 0 saturated carbocycles. The molecule has 0 rings (SSSR count). The summed E-state index contributed by atoms with van der Waals surface area (Å²) in [6.07, 6.45) is 8.98. The second-order valence-corrected chi connectivity index (χ2v) is 3.31. The minimum atomic E-state index is 0.179. The maximum atomic E-state index is 11.1. The summed E-state index contributed by atoms with van der Waals surface area (Å²) in [5.41, 5.74) is 5.45. The van der Waals surface area contributed by atoms with Crippen molar-refractivity contribution in [1.82, 2.24) is 0 Å². The number of hydrogen-bond donors (Lipinski definition) is 1. The Morgan fingerprint density at radius 3 is 2.69 bits per heavy atom. The van der Waals surface area contributed by atoms with E-state index >= 15 is 0 Å². The Labute approximate surface area is 80.9 Å². The third-order valence-corrected chi connectivity index (χ3v) is 2.28. The van der Waals surface area contributed by atoms with Gasteiger partial charge in [0.2, 0.25) is 0 Å². The molecule has 0 aliphatic carbocycles. The minimum absolute atomic E-state index is 0.179. The van der Waals surface area contributed by atoms with Gasteiger partial charge in [0.25, 0.3) is 0 Å². The van der Waals surface area contributed by atoms with Crippen molar-refractivity contribution < 1.29 is 4.79 Å². The predicted molar refractivity (Wildman–Crippen MR) is 55.1 cm³/mol. The van der Waals surface area contributed by atoms with Crippen molar-refractivity contribution >= 4 is 5.78 Å². The molecule has 13 heavy (non-hydrogen) atoms. The van der Waals surface area contributed by atoms with Crippen LogP contribution in [0.1, 0.15) is 39.0 Å². The molecule has 0 spiro atoms. The lowest BCUT2D eigenvalue weighted by atomic mass is 9.95. The highest BCUT2D eigenvalue weighted by Crippen LogP contribution is 2.14. The summed E-state index contributed by atoms with van der Waals surface area (Å²) in [4.78, 5) is 11.1. The molecular weight excluding hydrogens is 162 g/mol. The van der Waals surface area contributed by atoms with Gasteiger partial charge in [0.1, 0.15) is 5.78 Å². The van der Waals surface area contributed by atoms with Crippen molar-refractivity contribution in [2.24, 2.45) is 11.7 Å². The fraction of sp³-hybridized carbons (Fsp3) is 0.727. The zero-order valence-corrected chi connectivity index (χ0v) is 8.38. The minimum Gasteiger partial charge on any atom is -0.330 e. The Hall–Kier alpha value is -0.810. The Morgan fingerprint density at radius 1 is 1.54 bits per heavy atom. The van der Waals surface area contributed by atoms with Crippen LogP contribution in [0.25, 0.3) is 0 Å². The van der Waals surface area contributed by atoms with E-state index in [9.17, 15) is 4.79 Å². The molecule has 0 amide bonds. The Kier molecular flexibility index (Phi) is 7.33. The normalized spacial score (nSPS) is 12.1. The van der Waals surface area contributed by atoms with Gasteiger partial charge in [0, 0.05) is 6.42 Å². The Bertz CT molecular complexity index is 181. The van der Waals surface area contributed by atoms with Crippen LogP contribution in [0.15, 0.2) is 0 Å². The van der Waals surface area contributed by atoms with Crippen molar-refractivity contribution in [3.8, 4) is 12.3 Å². The average Bonchev–Trinajstić information content (AvgIpc) is 2.12. The molecule has 0 aromatic rings. The van der Waals surface area contributed by atoms with Crippen LogP contribution in [0.4, 0.5) is 0 Å². The first kappa shape index (κ1) is 12.2. The molecule has 0 aliphatic rings. The van der Waals surface area contributed by atoms with E-state index < -0.39 is 0 Å². The predicted octanol–water partition coefficient (Wildman–Crippen LogP) is 1.73. The third-order valence-electron chi connectivity index (χ3n) is 2.28. The van der Waals surface area contributed by atoms with E-state index in [4.69, 9.17) is 12.2 Å². The first-order chi connectivity index (χ1) is 6.24. The molecule has 0 fully saturated rings. The standard InChI is InChI=1S/C11H19NO/c1-3-5-11(13)7-6-10(4-2)8-9-12/h1,10H,4-9,12H2,2H3. The number of terminal acetylenes is 1. The zero-order valence-electron chi connectivity index (χ0n) is 8.38. The van der Waals surface area contributed by atoms with Gasteiger partial charge in [0.15, 0.2) is 0 Å². The van der Waals surface area contributed by atoms with Crippen molar-refractivity contribution in [3.05, 3.63) is 0 Å². The first-order valence-electron chi connectivity index (χ1n) is 4.89. The summed E-state index contributed by atoms with van der Waals surface area (Å²) < 4.78 is 0. The van der Waals surface area contributed by atoms with Crippen molar-refractivity contribution in [2.45, 2.75) is 39.0 Å². The van der Waals surface area contributed by atoms with Gasteiger partial charge in [-0.3, -0.25) is 4.79 Å². The maximum absolute atomic E-state index is 11.1. The number of rotatable bonds is 7. The summed E-state index contributed by atoms with van der Waals surface area (Å²) in [7, 11) is 0. The molecule has 2 heteroatoms. The monoisotopic (exact) mass is 181 g/mol. The molecule has 0 aromatic heterocycles. The Morgan fingerprint density at radius 2 is 2.23 bits per heavy atom. The van der Waals surface area contributed by atoms with Gasteiger partial charge in [0.05, 0.1) is 6.42 Å². The SMILES string of the molecule is C#CCC(=O)CCC(CC)CCN. The number of carbonyl (C=O) groups is 1. The van der Waals surface area contributed by atoms with Crippen molar-refractivity contribution in [1.29, 1.82) is 0 Å². The van der Waals surface area contributed by atoms with Gasteiger partial charge in [-0.15, -0.1) is 6.42 Å². The summed E-state index contributed by atoms with van der Waals surface area (Å²) in [5.74, 6) is 3.14. The highest BCUT2D eigenvalue weighted by molar-refractivity contribution is 5.80. The molecule has 0 bridgehead atoms. The van der Waals surface area contributed by atoms with Gasteiger partial charge < -0.3 is 5.73 Å². The molecule has 2 nitrogen and oxygen atoms in total. The smallest absolute Gasteiger partial charge is 0.144 e. The molecule has 0 heterocycles. The summed E-state index contributed by atoms with van der Waals surface area (Å²) in [5, 5.41) is 0. The number of Topliss-reactive ketones (excluding diaryl/α,β-unsaturated/α-hetero) is 1. The van der Waals surface area contributed by atoms with Crippen LogP contribution in [0.2, 0.25) is 0 Å². The van der Waals surface area contributed by atoms with Crippen molar-refractivity contribution in [2.75, 3.05) is 6.54 Å². The lowest BCUT2D eigenvalue weighted by Crippen LogP contribution is -2.09. The topological polar surface area (TPSA) is 43.1 Å². The van der Waals surface area contributed by atoms with Gasteiger partial charge >= 0.3 is 0 Å². The fourth-order valence-electron chi connectivity index (χ4n) is 1.36. The molecule has 1 unspecified atom stereocenters. The quantitative estimate of drug-likeness (QED) is 0.608. The molecular formula is C11H19NO. The zero-order chi connectivity index (χ0) is 10.1. The van der Waals surface area contributed by atoms with Crippen LogP contribution in [-0.2, 0) is 4.79 Å². The van der Waals surface area contributed by atoms with E-state index in [0.29, 0.717) is 18.9 Å². The highest BCUT2D eigenvalue weighted by Gasteiger charge is 2.07. The van der Waals surface area contributed by atoms with Gasteiger partial charge in [-0.1, -0.05) is 19.3 Å². The lowest BCUT2D eigenvalue weighted by Gasteiger charge is -2.11. The summed E-state index contributed by atoms with van der Waals surface area (Å²) in [6.45, 7) is 2.84. The summed E-state index contributed by atoms with van der Waals surface area (Å²) in [6, 6.07) is 0. The largest absolute Gasteiger partial charge is 0.330 e. The molecule has 1 atom stereocenters. The maximum Gasteiger partial charge on any atom is 0.144 e. The van der Waals surface area contributed by atoms with Crippen LogP contribution in [-0.4, -0.2) is 12.3 Å². The summed E-state index contributed by atoms with van der Waals surface area (Å²) >= 11 is 0. The molecule has 0 aliphatic heterocycles. The van der Waals surface area contributed by atoms with E-state index in [0.717, 1.165) is 19.3 Å². The van der Waals surface area contributed by atoms with Gasteiger partial charge in [-0.25, -0.2) is 0 Å². The van der Waals surface area contributed by atoms with Crippen LogP contribution in [0, 0.1) is 18.3 Å². The van der Waals surface area contributed by atoms with Gasteiger partial charge in [-0.2, -0.15) is 0 Å². The number of carbonyl (C=O) groups excluding carboxylic acids is 1. The number of ketones is 1. The molecule has 74 valence electrons. The van der Waals surface area contributed by atoms with E-state index in [2.05, 4.69) is 12.8 Å². The van der Waals surface area contributed by atoms with E-state index in [1.807, 2.05) is 0 Å². The first-order valence-corrected chi connectivity index (χ1v) is 4.89. The van der Waals surface area contributed by atoms with Crippen LogP contribution in [0.5, 0.6) is 0 Å². The van der Waals surface area contributed by atoms with Crippen LogP contribution < -0.4 is 5.73 Å². The second-order valence-electron chi connectivity index (χ2n) is 3.31. The third kappa shape index (κ3) is 6.36. The van der Waals surface area contributed by atoms with E-state index in [-0.39, 0.29) is 12.2 Å². The molecule has 0 aromatic carbocycles. The average molecular weight is 181 g/mol. The lowest BCUT2D eigenvalue weighted by molar-refractivity contribution is -0.118. The highest BCUT2D eigenvalue weighted by atomic mass is 16.1.